The molecule has 0 aliphatic rings. The van der Waals surface area contributed by atoms with Crippen LogP contribution in [-0.2, 0) is 6.42 Å². The van der Waals surface area contributed by atoms with Crippen LogP contribution in [0.2, 0.25) is 0 Å². The summed E-state index contributed by atoms with van der Waals surface area (Å²) in [5.41, 5.74) is 5.72. The first-order chi connectivity index (χ1) is 9.70. The lowest BCUT2D eigenvalue weighted by molar-refractivity contribution is 0.209. The van der Waals surface area contributed by atoms with E-state index in [1.54, 1.807) is 11.9 Å². The van der Waals surface area contributed by atoms with Crippen LogP contribution in [-0.4, -0.2) is 24.5 Å². The molecule has 0 fully saturated rings. The van der Waals surface area contributed by atoms with Crippen LogP contribution in [0.25, 0.3) is 11.1 Å². The summed E-state index contributed by atoms with van der Waals surface area (Å²) < 4.78 is 0. The van der Waals surface area contributed by atoms with Crippen LogP contribution in [0, 0.1) is 0 Å². The summed E-state index contributed by atoms with van der Waals surface area (Å²) in [4.78, 5) is 12.8. The van der Waals surface area contributed by atoms with Gasteiger partial charge in [-0.3, -0.25) is 5.43 Å². The van der Waals surface area contributed by atoms with Crippen LogP contribution < -0.4 is 11.3 Å². The number of likely N-dealkylation sites (N-methyl/N-ethyl adjacent to an activating group) is 1. The highest BCUT2D eigenvalue weighted by molar-refractivity contribution is 5.73. The molecule has 0 heterocycles. The molecule has 2 amide bonds. The Kier molecular flexibility index (Phi) is 4.74. The van der Waals surface area contributed by atoms with Gasteiger partial charge in [-0.2, -0.15) is 0 Å². The van der Waals surface area contributed by atoms with Gasteiger partial charge in [-0.05, 0) is 23.1 Å². The highest BCUT2D eigenvalue weighted by Crippen LogP contribution is 2.19. The number of nitrogens with zero attached hydrogens (tertiary/aromatic N) is 1. The van der Waals surface area contributed by atoms with Crippen LogP contribution in [0.1, 0.15) is 5.56 Å². The second-order valence-electron chi connectivity index (χ2n) is 4.68. The van der Waals surface area contributed by atoms with Gasteiger partial charge in [0.2, 0.25) is 0 Å². The molecule has 2 aromatic carbocycles. The zero-order valence-electron chi connectivity index (χ0n) is 11.5. The number of nitrogens with two attached hydrogens (primary N) is 1. The fraction of sp³-hybridized carbons (Fsp3) is 0.188. The molecule has 3 N–H and O–H groups in total. The molecule has 0 unspecified atom stereocenters. The number of hydrazine groups is 1. The maximum Gasteiger partial charge on any atom is 0.331 e. The first-order valence-corrected chi connectivity index (χ1v) is 6.57. The summed E-state index contributed by atoms with van der Waals surface area (Å²) in [5, 5.41) is 0. The Balaban J connectivity index is 1.97. The predicted octanol–water partition coefficient (Wildman–Crippen LogP) is 2.41. The van der Waals surface area contributed by atoms with Crippen molar-refractivity contribution < 1.29 is 4.79 Å². The van der Waals surface area contributed by atoms with Crippen LogP contribution >= 0.6 is 0 Å². The number of nitrogens with one attached hydrogen (secondary N) is 1. The standard InChI is InChI=1S/C16H19N3O/c1-19(16(20)18-17)12-11-13-7-9-15(10-8-13)14-5-3-2-4-6-14/h2-10H,11-12,17H2,1H3,(H,18,20). The molecule has 0 radical (unpaired) electrons. The summed E-state index contributed by atoms with van der Waals surface area (Å²) >= 11 is 0. The minimum absolute atomic E-state index is 0.272. The number of hydrogen-bond acceptors (Lipinski definition) is 2. The lowest BCUT2D eigenvalue weighted by atomic mass is 10.0. The molecule has 0 bridgehead atoms. The third-order valence-electron chi connectivity index (χ3n) is 3.27. The average Bonchev–Trinajstić information content (AvgIpc) is 2.53. The van der Waals surface area contributed by atoms with E-state index in [4.69, 9.17) is 5.84 Å². The molecule has 4 nitrogen and oxygen atoms in total. The minimum atomic E-state index is -0.272. The number of carbonyl (C=O) groups excluding carboxylic acids is 1. The van der Waals surface area contributed by atoms with Crippen molar-refractivity contribution in [2.45, 2.75) is 6.42 Å². The lowest BCUT2D eigenvalue weighted by Crippen LogP contribution is -2.41. The molecule has 0 atom stereocenters. The van der Waals surface area contributed by atoms with E-state index in [2.05, 4.69) is 41.8 Å². The zero-order valence-corrected chi connectivity index (χ0v) is 11.5. The SMILES string of the molecule is CN(CCc1ccc(-c2ccccc2)cc1)C(=O)NN. The minimum Gasteiger partial charge on any atom is -0.326 e. The molecule has 0 saturated carbocycles. The Morgan fingerprint density at radius 1 is 1.05 bits per heavy atom. The van der Waals surface area contributed by atoms with Crippen molar-refractivity contribution in [3.05, 3.63) is 60.2 Å². The van der Waals surface area contributed by atoms with Gasteiger partial charge in [-0.1, -0.05) is 54.6 Å². The number of hydrogen-bond donors (Lipinski definition) is 2. The van der Waals surface area contributed by atoms with E-state index in [0.29, 0.717) is 6.54 Å². The van der Waals surface area contributed by atoms with Gasteiger partial charge in [0, 0.05) is 13.6 Å². The molecule has 0 saturated heterocycles. The largest absolute Gasteiger partial charge is 0.331 e. The highest BCUT2D eigenvalue weighted by Gasteiger charge is 2.05. The van der Waals surface area contributed by atoms with Gasteiger partial charge >= 0.3 is 6.03 Å². The molecule has 20 heavy (non-hydrogen) atoms. The van der Waals surface area contributed by atoms with Gasteiger partial charge in [0.25, 0.3) is 0 Å². The van der Waals surface area contributed by atoms with Crippen molar-refractivity contribution >= 4 is 6.03 Å². The summed E-state index contributed by atoms with van der Waals surface area (Å²) in [6, 6.07) is 18.4. The number of amides is 2. The van der Waals surface area contributed by atoms with E-state index >= 15 is 0 Å². The molecule has 4 heteroatoms. The van der Waals surface area contributed by atoms with Crippen LogP contribution in [0.4, 0.5) is 4.79 Å². The Bertz CT molecular complexity index is 552. The second-order valence-corrected chi connectivity index (χ2v) is 4.68. The normalized spacial score (nSPS) is 10.1. The quantitative estimate of drug-likeness (QED) is 0.509. The summed E-state index contributed by atoms with van der Waals surface area (Å²) in [7, 11) is 1.72. The third-order valence-corrected chi connectivity index (χ3v) is 3.27. The number of rotatable bonds is 4. The van der Waals surface area contributed by atoms with Crippen molar-refractivity contribution in [3.63, 3.8) is 0 Å². The maximum absolute atomic E-state index is 11.3. The molecule has 2 rings (SSSR count). The molecule has 0 spiro atoms. The van der Waals surface area contributed by atoms with Crippen molar-refractivity contribution in [2.75, 3.05) is 13.6 Å². The lowest BCUT2D eigenvalue weighted by Gasteiger charge is -2.16. The molecule has 0 aliphatic carbocycles. The van der Waals surface area contributed by atoms with E-state index < -0.39 is 0 Å². The highest BCUT2D eigenvalue weighted by atomic mass is 16.2. The molecule has 0 aliphatic heterocycles. The monoisotopic (exact) mass is 269 g/mol. The van der Waals surface area contributed by atoms with E-state index in [1.807, 2.05) is 18.2 Å². The van der Waals surface area contributed by atoms with E-state index in [0.717, 1.165) is 6.42 Å². The van der Waals surface area contributed by atoms with Gasteiger partial charge < -0.3 is 4.90 Å². The molecule has 104 valence electrons. The second kappa shape index (κ2) is 6.73. The van der Waals surface area contributed by atoms with E-state index in [9.17, 15) is 4.79 Å². The van der Waals surface area contributed by atoms with Gasteiger partial charge in [0.1, 0.15) is 0 Å². The molecule has 0 aromatic heterocycles. The Morgan fingerprint density at radius 2 is 1.65 bits per heavy atom. The Morgan fingerprint density at radius 3 is 2.25 bits per heavy atom. The topological polar surface area (TPSA) is 58.4 Å². The number of carbonyl (C=O) groups is 1. The van der Waals surface area contributed by atoms with Crippen molar-refractivity contribution in [1.29, 1.82) is 0 Å². The molecular weight excluding hydrogens is 250 g/mol. The summed E-state index contributed by atoms with van der Waals surface area (Å²) in [6.07, 6.45) is 0.805. The van der Waals surface area contributed by atoms with Crippen LogP contribution in [0.15, 0.2) is 54.6 Å². The number of benzene rings is 2. The fourth-order valence-electron chi connectivity index (χ4n) is 2.00. The zero-order chi connectivity index (χ0) is 14.4. The predicted molar refractivity (Wildman–Crippen MR) is 80.9 cm³/mol. The van der Waals surface area contributed by atoms with E-state index in [-0.39, 0.29) is 6.03 Å². The third kappa shape index (κ3) is 3.59. The van der Waals surface area contributed by atoms with Gasteiger partial charge in [-0.25, -0.2) is 10.6 Å². The maximum atomic E-state index is 11.3. The molecular formula is C16H19N3O. The summed E-state index contributed by atoms with van der Waals surface area (Å²) in [5.74, 6) is 5.08. The van der Waals surface area contributed by atoms with Crippen molar-refractivity contribution in [1.82, 2.24) is 10.3 Å². The number of urea groups is 1. The summed E-state index contributed by atoms with van der Waals surface area (Å²) in [6.45, 7) is 0.633. The van der Waals surface area contributed by atoms with Crippen molar-refractivity contribution in [3.8, 4) is 11.1 Å². The first-order valence-electron chi connectivity index (χ1n) is 6.57. The molecule has 2 aromatic rings. The fourth-order valence-corrected chi connectivity index (χ4v) is 2.00. The Hall–Kier alpha value is -2.33. The Labute approximate surface area is 119 Å². The van der Waals surface area contributed by atoms with Gasteiger partial charge in [0.05, 0.1) is 0 Å². The van der Waals surface area contributed by atoms with Crippen LogP contribution in [0.5, 0.6) is 0 Å². The van der Waals surface area contributed by atoms with Gasteiger partial charge in [0.15, 0.2) is 0 Å². The van der Waals surface area contributed by atoms with Gasteiger partial charge in [-0.15, -0.1) is 0 Å². The van der Waals surface area contributed by atoms with Crippen LogP contribution in [0.3, 0.4) is 0 Å². The van der Waals surface area contributed by atoms with E-state index in [1.165, 1.54) is 16.7 Å². The first kappa shape index (κ1) is 14.1. The smallest absolute Gasteiger partial charge is 0.326 e. The average molecular weight is 269 g/mol. The van der Waals surface area contributed by atoms with Crippen molar-refractivity contribution in [2.24, 2.45) is 5.84 Å².